The molecule has 106 valence electrons. The van der Waals surface area contributed by atoms with Crippen molar-refractivity contribution in [2.24, 2.45) is 0 Å². The second-order valence-electron chi connectivity index (χ2n) is 4.22. The van der Waals surface area contributed by atoms with Crippen molar-refractivity contribution in [1.29, 1.82) is 0 Å². The highest BCUT2D eigenvalue weighted by Crippen LogP contribution is 2.26. The molecule has 0 saturated heterocycles. The summed E-state index contributed by atoms with van der Waals surface area (Å²) >= 11 is 5.62. The van der Waals surface area contributed by atoms with E-state index in [9.17, 15) is 4.79 Å². The van der Waals surface area contributed by atoms with E-state index in [1.807, 2.05) is 13.8 Å². The predicted molar refractivity (Wildman–Crippen MR) is 77.7 cm³/mol. The summed E-state index contributed by atoms with van der Waals surface area (Å²) in [5.74, 6) is 1.64. The minimum absolute atomic E-state index is 0.00291. The van der Waals surface area contributed by atoms with E-state index in [1.54, 1.807) is 18.2 Å². The van der Waals surface area contributed by atoms with Crippen LogP contribution in [0, 0.1) is 0 Å². The van der Waals surface area contributed by atoms with Crippen molar-refractivity contribution in [3.63, 3.8) is 0 Å². The van der Waals surface area contributed by atoms with Gasteiger partial charge in [0.25, 0.3) is 0 Å². The zero-order valence-corrected chi connectivity index (χ0v) is 12.3. The molecule has 0 spiro atoms. The number of rotatable bonds is 9. The van der Waals surface area contributed by atoms with Crippen LogP contribution in [0.3, 0.4) is 0 Å². The first-order valence-corrected chi connectivity index (χ1v) is 7.25. The van der Waals surface area contributed by atoms with Gasteiger partial charge < -0.3 is 9.47 Å². The first-order chi connectivity index (χ1) is 9.22. The fourth-order valence-corrected chi connectivity index (χ4v) is 1.77. The van der Waals surface area contributed by atoms with E-state index in [0.29, 0.717) is 36.8 Å². The van der Waals surface area contributed by atoms with Crippen LogP contribution < -0.4 is 9.47 Å². The van der Waals surface area contributed by atoms with E-state index in [-0.39, 0.29) is 5.78 Å². The monoisotopic (exact) mass is 284 g/mol. The highest BCUT2D eigenvalue weighted by atomic mass is 35.5. The van der Waals surface area contributed by atoms with E-state index in [4.69, 9.17) is 21.1 Å². The molecule has 0 bridgehead atoms. The molecule has 1 aromatic rings. The van der Waals surface area contributed by atoms with E-state index in [0.717, 1.165) is 18.6 Å². The molecule has 0 aliphatic rings. The van der Waals surface area contributed by atoms with Crippen molar-refractivity contribution in [3.05, 3.63) is 23.8 Å². The number of carbonyl (C=O) groups excluding carboxylic acids is 1. The summed E-state index contributed by atoms with van der Waals surface area (Å²) in [5, 5.41) is 0. The number of carbonyl (C=O) groups is 1. The zero-order valence-electron chi connectivity index (χ0n) is 11.6. The van der Waals surface area contributed by atoms with Gasteiger partial charge in [0.05, 0.1) is 18.8 Å². The van der Waals surface area contributed by atoms with Gasteiger partial charge in [0.2, 0.25) is 0 Å². The fraction of sp³-hybridized carbons (Fsp3) is 0.533. The van der Waals surface area contributed by atoms with Crippen LogP contribution in [0.25, 0.3) is 0 Å². The standard InChI is InChI=1S/C15H21ClO3/c1-3-9-18-12-5-6-13(14(17)7-8-16)15(11-12)19-10-4-2/h5-6,11H,3-4,7-10H2,1-2H3. The highest BCUT2D eigenvalue weighted by molar-refractivity contribution is 6.19. The summed E-state index contributed by atoms with van der Waals surface area (Å²) in [6.45, 7) is 5.31. The van der Waals surface area contributed by atoms with Crippen molar-refractivity contribution in [1.82, 2.24) is 0 Å². The number of ether oxygens (including phenoxy) is 2. The highest BCUT2D eigenvalue weighted by Gasteiger charge is 2.13. The summed E-state index contributed by atoms with van der Waals surface area (Å²) in [5.41, 5.74) is 0.581. The van der Waals surface area contributed by atoms with Crippen LogP contribution in [0.2, 0.25) is 0 Å². The molecule has 0 amide bonds. The largest absolute Gasteiger partial charge is 0.493 e. The Kier molecular flexibility index (Phi) is 7.34. The Labute approximate surface area is 119 Å². The molecule has 0 atom stereocenters. The molecular formula is C15H21ClO3. The summed E-state index contributed by atoms with van der Waals surface area (Å²) in [4.78, 5) is 11.9. The number of ketones is 1. The molecular weight excluding hydrogens is 264 g/mol. The summed E-state index contributed by atoms with van der Waals surface area (Å²) in [6, 6.07) is 5.34. The van der Waals surface area contributed by atoms with Gasteiger partial charge in [-0.1, -0.05) is 13.8 Å². The second kappa shape index (κ2) is 8.81. The zero-order chi connectivity index (χ0) is 14.1. The Bertz CT molecular complexity index is 404. The first-order valence-electron chi connectivity index (χ1n) is 6.71. The SMILES string of the molecule is CCCOc1ccc(C(=O)CCCl)c(OCCC)c1. The van der Waals surface area contributed by atoms with E-state index < -0.39 is 0 Å². The van der Waals surface area contributed by atoms with Crippen LogP contribution in [0.4, 0.5) is 0 Å². The summed E-state index contributed by atoms with van der Waals surface area (Å²) in [7, 11) is 0. The molecule has 0 saturated carbocycles. The summed E-state index contributed by atoms with van der Waals surface area (Å²) < 4.78 is 11.2. The van der Waals surface area contributed by atoms with Gasteiger partial charge in [-0.25, -0.2) is 0 Å². The Morgan fingerprint density at radius 1 is 1.16 bits per heavy atom. The van der Waals surface area contributed by atoms with Gasteiger partial charge in [0.1, 0.15) is 11.5 Å². The molecule has 0 unspecified atom stereocenters. The second-order valence-corrected chi connectivity index (χ2v) is 4.60. The third kappa shape index (κ3) is 5.11. The normalized spacial score (nSPS) is 10.3. The van der Waals surface area contributed by atoms with Gasteiger partial charge in [-0.15, -0.1) is 11.6 Å². The Hall–Kier alpha value is -1.22. The minimum atomic E-state index is 0.00291. The van der Waals surface area contributed by atoms with Crippen molar-refractivity contribution < 1.29 is 14.3 Å². The predicted octanol–water partition coefficient (Wildman–Crippen LogP) is 4.08. The number of Topliss-reactive ketones (excluding diaryl/α,β-unsaturated/α-hetero) is 1. The number of alkyl halides is 1. The van der Waals surface area contributed by atoms with Crippen LogP contribution in [-0.4, -0.2) is 24.9 Å². The molecule has 1 aromatic carbocycles. The van der Waals surface area contributed by atoms with Crippen molar-refractivity contribution in [3.8, 4) is 11.5 Å². The summed E-state index contributed by atoms with van der Waals surface area (Å²) in [6.07, 6.45) is 2.15. The van der Waals surface area contributed by atoms with E-state index in [1.165, 1.54) is 0 Å². The fourth-order valence-electron chi connectivity index (χ4n) is 1.59. The molecule has 0 aromatic heterocycles. The maximum absolute atomic E-state index is 11.9. The lowest BCUT2D eigenvalue weighted by molar-refractivity contribution is 0.0985. The van der Waals surface area contributed by atoms with Crippen LogP contribution in [0.1, 0.15) is 43.5 Å². The molecule has 4 heteroatoms. The van der Waals surface area contributed by atoms with Crippen LogP contribution in [0.15, 0.2) is 18.2 Å². The van der Waals surface area contributed by atoms with Gasteiger partial charge >= 0.3 is 0 Å². The maximum Gasteiger partial charge on any atom is 0.167 e. The lowest BCUT2D eigenvalue weighted by atomic mass is 10.1. The Balaban J connectivity index is 2.91. The van der Waals surface area contributed by atoms with Crippen molar-refractivity contribution in [2.75, 3.05) is 19.1 Å². The van der Waals surface area contributed by atoms with Crippen LogP contribution in [-0.2, 0) is 0 Å². The van der Waals surface area contributed by atoms with E-state index >= 15 is 0 Å². The number of benzene rings is 1. The topological polar surface area (TPSA) is 35.5 Å². The molecule has 0 aliphatic heterocycles. The molecule has 19 heavy (non-hydrogen) atoms. The average molecular weight is 285 g/mol. The quantitative estimate of drug-likeness (QED) is 0.506. The minimum Gasteiger partial charge on any atom is -0.493 e. The van der Waals surface area contributed by atoms with Gasteiger partial charge in [-0.2, -0.15) is 0 Å². The van der Waals surface area contributed by atoms with Gasteiger partial charge in [0.15, 0.2) is 5.78 Å². The van der Waals surface area contributed by atoms with Gasteiger partial charge in [-0.3, -0.25) is 4.79 Å². The molecule has 0 radical (unpaired) electrons. The lowest BCUT2D eigenvalue weighted by Gasteiger charge is -2.12. The van der Waals surface area contributed by atoms with Crippen LogP contribution in [0.5, 0.6) is 11.5 Å². The number of hydrogen-bond donors (Lipinski definition) is 0. The molecule has 3 nitrogen and oxygen atoms in total. The molecule has 0 aliphatic carbocycles. The van der Waals surface area contributed by atoms with Gasteiger partial charge in [-0.05, 0) is 25.0 Å². The molecule has 1 rings (SSSR count). The third-order valence-electron chi connectivity index (χ3n) is 2.51. The van der Waals surface area contributed by atoms with Gasteiger partial charge in [0, 0.05) is 18.4 Å². The molecule has 0 fully saturated rings. The number of hydrogen-bond acceptors (Lipinski definition) is 3. The lowest BCUT2D eigenvalue weighted by Crippen LogP contribution is -2.06. The Morgan fingerprint density at radius 3 is 2.47 bits per heavy atom. The van der Waals surface area contributed by atoms with E-state index in [2.05, 4.69) is 0 Å². The number of halogens is 1. The average Bonchev–Trinajstić information content (AvgIpc) is 2.43. The molecule has 0 heterocycles. The van der Waals surface area contributed by atoms with Crippen molar-refractivity contribution >= 4 is 17.4 Å². The van der Waals surface area contributed by atoms with Crippen molar-refractivity contribution in [2.45, 2.75) is 33.1 Å². The maximum atomic E-state index is 11.9. The Morgan fingerprint density at radius 2 is 1.84 bits per heavy atom. The first kappa shape index (κ1) is 15.8. The third-order valence-corrected chi connectivity index (χ3v) is 2.70. The smallest absolute Gasteiger partial charge is 0.167 e. The van der Waals surface area contributed by atoms with Crippen LogP contribution >= 0.6 is 11.6 Å². The molecule has 0 N–H and O–H groups in total.